The second-order valence-corrected chi connectivity index (χ2v) is 5.19. The summed E-state index contributed by atoms with van der Waals surface area (Å²) in [5, 5.41) is 18.1. The number of hydrogen-bond donors (Lipinski definition) is 6. The summed E-state index contributed by atoms with van der Waals surface area (Å²) in [5.41, 5.74) is 0. The minimum atomic E-state index is -4.78. The van der Waals surface area contributed by atoms with Gasteiger partial charge in [-0.2, -0.15) is 0 Å². The summed E-state index contributed by atoms with van der Waals surface area (Å²) in [6, 6.07) is 0. The Morgan fingerprint density at radius 1 is 0.812 bits per heavy atom. The Balaban J connectivity index is 3.96. The highest BCUT2D eigenvalue weighted by Crippen LogP contribution is 2.37. The molecule has 0 aliphatic heterocycles. The molecule has 0 spiro atoms. The van der Waals surface area contributed by atoms with Gasteiger partial charge in [0.15, 0.2) is 0 Å². The predicted octanol–water partition coefficient (Wildman–Crippen LogP) is -2.07. The first-order valence-electron chi connectivity index (χ1n) is 3.77. The van der Waals surface area contributed by atoms with E-state index in [9.17, 15) is 9.13 Å². The zero-order valence-corrected chi connectivity index (χ0v) is 9.57. The maximum Gasteiger partial charge on any atom is 0.469 e. The molecule has 0 aliphatic carbocycles. The van der Waals surface area contributed by atoms with E-state index in [0.717, 1.165) is 0 Å². The normalized spacial score (nSPS) is 17.1. The average molecular weight is 282 g/mol. The summed E-state index contributed by atoms with van der Waals surface area (Å²) in [6.45, 7) is -1.81. The Kier molecular flexibility index (Phi) is 6.23. The van der Waals surface area contributed by atoms with Gasteiger partial charge < -0.3 is 29.8 Å². The quantitative estimate of drug-likeness (QED) is 0.284. The Hall–Kier alpha value is 0.140. The van der Waals surface area contributed by atoms with E-state index >= 15 is 0 Å². The zero-order valence-electron chi connectivity index (χ0n) is 7.78. The van der Waals surface area contributed by atoms with E-state index in [1.54, 1.807) is 0 Å². The average Bonchev–Trinajstić information content (AvgIpc) is 2.07. The van der Waals surface area contributed by atoms with Crippen LogP contribution in [0.25, 0.3) is 0 Å². The standard InChI is InChI=1S/C4H12O10P2/c5-3(1-13-15(7,8)9)4(6)2-14-16(10,11)12/h3-6H,1-2H2,(H2,7,8,9)(H2,10,11,12)/t3-,4-/m1/s1. The lowest BCUT2D eigenvalue weighted by Gasteiger charge is -2.18. The molecule has 0 aromatic carbocycles. The summed E-state index contributed by atoms with van der Waals surface area (Å²) in [6.07, 6.45) is -3.50. The summed E-state index contributed by atoms with van der Waals surface area (Å²) >= 11 is 0. The lowest BCUT2D eigenvalue weighted by Crippen LogP contribution is -2.33. The SMILES string of the molecule is O=P(O)(O)OC[C@@H](O)[C@H](O)COP(=O)(O)O. The Morgan fingerprint density at radius 2 is 1.06 bits per heavy atom. The number of aliphatic hydroxyl groups is 2. The number of aliphatic hydroxyl groups excluding tert-OH is 2. The van der Waals surface area contributed by atoms with Crippen molar-refractivity contribution in [2.75, 3.05) is 13.2 Å². The molecule has 98 valence electrons. The van der Waals surface area contributed by atoms with Gasteiger partial charge in [0.2, 0.25) is 0 Å². The first kappa shape index (κ1) is 16.1. The van der Waals surface area contributed by atoms with Gasteiger partial charge in [0.25, 0.3) is 0 Å². The summed E-state index contributed by atoms with van der Waals surface area (Å²) in [4.78, 5) is 33.0. The fourth-order valence-electron chi connectivity index (χ4n) is 0.569. The Morgan fingerprint density at radius 3 is 1.25 bits per heavy atom. The second kappa shape index (κ2) is 6.18. The first-order valence-corrected chi connectivity index (χ1v) is 6.83. The van der Waals surface area contributed by atoms with Crippen molar-refractivity contribution in [1.82, 2.24) is 0 Å². The molecule has 6 N–H and O–H groups in total. The van der Waals surface area contributed by atoms with E-state index in [0.29, 0.717) is 0 Å². The van der Waals surface area contributed by atoms with Crippen LogP contribution in [0.15, 0.2) is 0 Å². The molecule has 0 aromatic rings. The fraction of sp³-hybridized carbons (Fsp3) is 1.00. The molecule has 0 aliphatic rings. The van der Waals surface area contributed by atoms with Gasteiger partial charge in [0, 0.05) is 0 Å². The molecule has 0 heterocycles. The number of rotatable bonds is 7. The predicted molar refractivity (Wildman–Crippen MR) is 48.0 cm³/mol. The summed E-state index contributed by atoms with van der Waals surface area (Å²) in [5.74, 6) is 0. The lowest BCUT2D eigenvalue weighted by atomic mass is 10.2. The molecule has 16 heavy (non-hydrogen) atoms. The van der Waals surface area contributed by atoms with E-state index in [1.807, 2.05) is 0 Å². The minimum Gasteiger partial charge on any atom is -0.388 e. The van der Waals surface area contributed by atoms with Crippen LogP contribution in [0, 0.1) is 0 Å². The van der Waals surface area contributed by atoms with Gasteiger partial charge in [-0.1, -0.05) is 0 Å². The molecule has 2 atom stereocenters. The van der Waals surface area contributed by atoms with Crippen LogP contribution in [-0.4, -0.2) is 55.2 Å². The van der Waals surface area contributed by atoms with Crippen molar-refractivity contribution in [2.45, 2.75) is 12.2 Å². The molecule has 0 saturated heterocycles. The van der Waals surface area contributed by atoms with Crippen LogP contribution in [0.2, 0.25) is 0 Å². The number of phosphoric ester groups is 2. The molecule has 10 nitrogen and oxygen atoms in total. The zero-order chi connectivity index (χ0) is 13.0. The van der Waals surface area contributed by atoms with Crippen LogP contribution < -0.4 is 0 Å². The first-order chi connectivity index (χ1) is 7.01. The molecule has 0 rings (SSSR count). The largest absolute Gasteiger partial charge is 0.469 e. The van der Waals surface area contributed by atoms with E-state index in [-0.39, 0.29) is 0 Å². The van der Waals surface area contributed by atoms with Gasteiger partial charge in [-0.3, -0.25) is 9.05 Å². The third-order valence-electron chi connectivity index (χ3n) is 1.27. The minimum absolute atomic E-state index is 0.907. The third kappa shape index (κ3) is 9.37. The maximum absolute atomic E-state index is 10.2. The fourth-order valence-corrected chi connectivity index (χ4v) is 1.26. The van der Waals surface area contributed by atoms with E-state index < -0.39 is 41.1 Å². The van der Waals surface area contributed by atoms with Crippen molar-refractivity contribution in [3.63, 3.8) is 0 Å². The van der Waals surface area contributed by atoms with Crippen LogP contribution in [0.5, 0.6) is 0 Å². The molecule has 0 unspecified atom stereocenters. The molecule has 0 amide bonds. The summed E-state index contributed by atoms with van der Waals surface area (Å²) in [7, 11) is -9.55. The monoisotopic (exact) mass is 282 g/mol. The highest BCUT2D eigenvalue weighted by atomic mass is 31.2. The number of hydrogen-bond acceptors (Lipinski definition) is 6. The van der Waals surface area contributed by atoms with E-state index in [1.165, 1.54) is 0 Å². The third-order valence-corrected chi connectivity index (χ3v) is 2.24. The molecular weight excluding hydrogens is 270 g/mol. The van der Waals surface area contributed by atoms with Crippen molar-refractivity contribution in [3.8, 4) is 0 Å². The van der Waals surface area contributed by atoms with E-state index in [2.05, 4.69) is 9.05 Å². The second-order valence-electron chi connectivity index (χ2n) is 2.71. The van der Waals surface area contributed by atoms with Crippen molar-refractivity contribution in [3.05, 3.63) is 0 Å². The van der Waals surface area contributed by atoms with Gasteiger partial charge in [-0.05, 0) is 0 Å². The van der Waals surface area contributed by atoms with Crippen molar-refractivity contribution < 1.29 is 48.0 Å². The Bertz CT molecular complexity index is 261. The molecule has 0 radical (unpaired) electrons. The van der Waals surface area contributed by atoms with Gasteiger partial charge in [0.1, 0.15) is 12.2 Å². The van der Waals surface area contributed by atoms with Crippen LogP contribution >= 0.6 is 15.6 Å². The topological polar surface area (TPSA) is 174 Å². The molecule has 0 bridgehead atoms. The molecular formula is C4H12O10P2. The van der Waals surface area contributed by atoms with Gasteiger partial charge in [-0.15, -0.1) is 0 Å². The molecule has 0 fully saturated rings. The van der Waals surface area contributed by atoms with Gasteiger partial charge in [-0.25, -0.2) is 9.13 Å². The molecule has 0 saturated carbocycles. The van der Waals surface area contributed by atoms with Crippen molar-refractivity contribution in [2.24, 2.45) is 0 Å². The van der Waals surface area contributed by atoms with Crippen LogP contribution in [0.4, 0.5) is 0 Å². The maximum atomic E-state index is 10.2. The highest BCUT2D eigenvalue weighted by Gasteiger charge is 2.25. The molecule has 0 aromatic heterocycles. The van der Waals surface area contributed by atoms with Crippen molar-refractivity contribution in [1.29, 1.82) is 0 Å². The Labute approximate surface area is 89.9 Å². The smallest absolute Gasteiger partial charge is 0.388 e. The van der Waals surface area contributed by atoms with Gasteiger partial charge >= 0.3 is 15.6 Å². The summed E-state index contributed by atoms with van der Waals surface area (Å²) < 4.78 is 28.1. The van der Waals surface area contributed by atoms with Crippen LogP contribution in [0.3, 0.4) is 0 Å². The molecule has 12 heteroatoms. The number of phosphoric acid groups is 2. The lowest BCUT2D eigenvalue weighted by molar-refractivity contribution is -0.0375. The van der Waals surface area contributed by atoms with Crippen molar-refractivity contribution >= 4 is 15.6 Å². The van der Waals surface area contributed by atoms with E-state index in [4.69, 9.17) is 29.8 Å². The highest BCUT2D eigenvalue weighted by molar-refractivity contribution is 7.46. The van der Waals surface area contributed by atoms with Crippen LogP contribution in [0.1, 0.15) is 0 Å². The van der Waals surface area contributed by atoms with Crippen LogP contribution in [-0.2, 0) is 18.2 Å². The van der Waals surface area contributed by atoms with Gasteiger partial charge in [0.05, 0.1) is 13.2 Å².